The molecular formula is C14H15BrN2O. The number of benzene rings is 1. The molecule has 4 heteroatoms. The van der Waals surface area contributed by atoms with E-state index in [4.69, 9.17) is 10.5 Å². The first kappa shape index (κ1) is 13.1. The average molecular weight is 307 g/mol. The van der Waals surface area contributed by atoms with Gasteiger partial charge in [-0.3, -0.25) is 0 Å². The molecule has 0 bridgehead atoms. The smallest absolute Gasteiger partial charge is 0.224 e. The molecule has 0 saturated carbocycles. The summed E-state index contributed by atoms with van der Waals surface area (Å²) in [7, 11) is 0. The van der Waals surface area contributed by atoms with Gasteiger partial charge in [-0.15, -0.1) is 0 Å². The zero-order valence-electron chi connectivity index (χ0n) is 10.4. The van der Waals surface area contributed by atoms with Crippen molar-refractivity contribution < 1.29 is 4.74 Å². The third-order valence-electron chi connectivity index (χ3n) is 2.59. The second-order valence-electron chi connectivity index (χ2n) is 4.16. The van der Waals surface area contributed by atoms with E-state index in [1.807, 2.05) is 44.2 Å². The highest BCUT2D eigenvalue weighted by Gasteiger charge is 2.08. The van der Waals surface area contributed by atoms with Gasteiger partial charge in [-0.05, 0) is 53.5 Å². The topological polar surface area (TPSA) is 48.1 Å². The predicted octanol–water partition coefficient (Wildman–Crippen LogP) is 3.71. The fourth-order valence-electron chi connectivity index (χ4n) is 1.60. The van der Waals surface area contributed by atoms with Crippen molar-refractivity contribution in [3.05, 3.63) is 51.6 Å². The molecule has 0 fully saturated rings. The van der Waals surface area contributed by atoms with Gasteiger partial charge in [0.05, 0.1) is 4.47 Å². The van der Waals surface area contributed by atoms with Crippen molar-refractivity contribution in [2.45, 2.75) is 20.4 Å². The van der Waals surface area contributed by atoms with Gasteiger partial charge < -0.3 is 10.5 Å². The van der Waals surface area contributed by atoms with Crippen molar-refractivity contribution in [2.75, 3.05) is 0 Å². The summed E-state index contributed by atoms with van der Waals surface area (Å²) in [6.45, 7) is 4.37. The normalized spacial score (nSPS) is 10.4. The number of halogens is 1. The molecule has 3 nitrogen and oxygen atoms in total. The minimum absolute atomic E-state index is 0.409. The van der Waals surface area contributed by atoms with Crippen LogP contribution in [0.3, 0.4) is 0 Å². The third kappa shape index (κ3) is 2.89. The van der Waals surface area contributed by atoms with Crippen molar-refractivity contribution in [1.29, 1.82) is 0 Å². The Labute approximate surface area is 115 Å². The Morgan fingerprint density at radius 1 is 1.22 bits per heavy atom. The number of hydrogen-bond donors (Lipinski definition) is 1. The number of aromatic nitrogens is 1. The number of hydrogen-bond acceptors (Lipinski definition) is 3. The highest BCUT2D eigenvalue weighted by molar-refractivity contribution is 9.10. The summed E-state index contributed by atoms with van der Waals surface area (Å²) in [4.78, 5) is 4.38. The molecule has 0 unspecified atom stereocenters. The first-order valence-corrected chi connectivity index (χ1v) is 6.50. The molecule has 0 amide bonds. The van der Waals surface area contributed by atoms with E-state index in [9.17, 15) is 0 Å². The molecule has 0 radical (unpaired) electrons. The van der Waals surface area contributed by atoms with Gasteiger partial charge in [-0.2, -0.15) is 0 Å². The number of rotatable bonds is 3. The quantitative estimate of drug-likeness (QED) is 0.940. The number of nitrogens with two attached hydrogens (primary N) is 1. The van der Waals surface area contributed by atoms with E-state index in [1.54, 1.807) is 0 Å². The lowest BCUT2D eigenvalue weighted by molar-refractivity contribution is 0.452. The summed E-state index contributed by atoms with van der Waals surface area (Å²) in [5.74, 6) is 1.32. The van der Waals surface area contributed by atoms with Gasteiger partial charge in [-0.1, -0.05) is 12.1 Å². The van der Waals surface area contributed by atoms with Gasteiger partial charge in [0.25, 0.3) is 0 Å². The van der Waals surface area contributed by atoms with Crippen LogP contribution in [0.1, 0.15) is 16.8 Å². The number of pyridine rings is 1. The van der Waals surface area contributed by atoms with Crippen molar-refractivity contribution in [3.63, 3.8) is 0 Å². The first-order chi connectivity index (χ1) is 8.60. The van der Waals surface area contributed by atoms with E-state index in [1.165, 1.54) is 5.56 Å². The van der Waals surface area contributed by atoms with Gasteiger partial charge in [-0.25, -0.2) is 4.98 Å². The van der Waals surface area contributed by atoms with E-state index in [2.05, 4.69) is 20.9 Å². The molecular weight excluding hydrogens is 292 g/mol. The molecule has 1 heterocycles. The second-order valence-corrected chi connectivity index (χ2v) is 5.01. The van der Waals surface area contributed by atoms with Crippen molar-refractivity contribution in [2.24, 2.45) is 5.73 Å². The van der Waals surface area contributed by atoms with Crippen LogP contribution >= 0.6 is 15.9 Å². The van der Waals surface area contributed by atoms with Crippen LogP contribution in [0.4, 0.5) is 0 Å². The maximum atomic E-state index is 5.83. The molecule has 94 valence electrons. The summed E-state index contributed by atoms with van der Waals surface area (Å²) in [6, 6.07) is 9.80. The summed E-state index contributed by atoms with van der Waals surface area (Å²) in [5.41, 5.74) is 8.66. The third-order valence-corrected chi connectivity index (χ3v) is 3.21. The van der Waals surface area contributed by atoms with Crippen LogP contribution < -0.4 is 10.5 Å². The summed E-state index contributed by atoms with van der Waals surface area (Å²) in [5, 5.41) is 0. The summed E-state index contributed by atoms with van der Waals surface area (Å²) in [6.07, 6.45) is 0. The van der Waals surface area contributed by atoms with Gasteiger partial charge in [0.2, 0.25) is 5.88 Å². The van der Waals surface area contributed by atoms with Crippen LogP contribution in [0, 0.1) is 13.8 Å². The molecule has 0 aliphatic carbocycles. The van der Waals surface area contributed by atoms with Crippen LogP contribution in [-0.2, 0) is 6.54 Å². The highest BCUT2D eigenvalue weighted by Crippen LogP contribution is 2.31. The molecule has 2 N–H and O–H groups in total. The standard InChI is InChI=1S/C14H15BrN2O/c1-9-3-6-13(12(15)7-9)18-14-11(8-16)5-4-10(2)17-14/h3-7H,8,16H2,1-2H3. The van der Waals surface area contributed by atoms with E-state index >= 15 is 0 Å². The van der Waals surface area contributed by atoms with E-state index in [-0.39, 0.29) is 0 Å². The Morgan fingerprint density at radius 3 is 2.67 bits per heavy atom. The Morgan fingerprint density at radius 2 is 2.00 bits per heavy atom. The van der Waals surface area contributed by atoms with Crippen LogP contribution in [-0.4, -0.2) is 4.98 Å². The Bertz CT molecular complexity index is 570. The van der Waals surface area contributed by atoms with Gasteiger partial charge >= 0.3 is 0 Å². The molecule has 18 heavy (non-hydrogen) atoms. The van der Waals surface area contributed by atoms with E-state index in [0.717, 1.165) is 21.5 Å². The average Bonchev–Trinajstić information content (AvgIpc) is 2.33. The molecule has 0 aliphatic rings. The lowest BCUT2D eigenvalue weighted by Gasteiger charge is -2.11. The molecule has 0 saturated heterocycles. The van der Waals surface area contributed by atoms with Crippen LogP contribution in [0.15, 0.2) is 34.8 Å². The molecule has 0 atom stereocenters. The molecule has 1 aromatic heterocycles. The van der Waals surface area contributed by atoms with Crippen LogP contribution in [0.25, 0.3) is 0 Å². The second kappa shape index (κ2) is 5.50. The molecule has 2 aromatic rings. The van der Waals surface area contributed by atoms with Crippen molar-refractivity contribution in [1.82, 2.24) is 4.98 Å². The predicted molar refractivity (Wildman–Crippen MR) is 75.8 cm³/mol. The molecule has 0 spiro atoms. The Hall–Kier alpha value is -1.39. The largest absolute Gasteiger partial charge is 0.437 e. The maximum absolute atomic E-state index is 5.83. The lowest BCUT2D eigenvalue weighted by Crippen LogP contribution is -2.02. The lowest BCUT2D eigenvalue weighted by atomic mass is 10.2. The van der Waals surface area contributed by atoms with E-state index in [0.29, 0.717) is 12.4 Å². The minimum Gasteiger partial charge on any atom is -0.437 e. The maximum Gasteiger partial charge on any atom is 0.224 e. The van der Waals surface area contributed by atoms with Crippen molar-refractivity contribution >= 4 is 15.9 Å². The zero-order valence-corrected chi connectivity index (χ0v) is 12.0. The van der Waals surface area contributed by atoms with E-state index < -0.39 is 0 Å². The highest BCUT2D eigenvalue weighted by atomic mass is 79.9. The zero-order chi connectivity index (χ0) is 13.1. The number of nitrogens with zero attached hydrogens (tertiary/aromatic N) is 1. The fraction of sp³-hybridized carbons (Fsp3) is 0.214. The summed E-state index contributed by atoms with van der Waals surface area (Å²) >= 11 is 3.49. The monoisotopic (exact) mass is 306 g/mol. The summed E-state index contributed by atoms with van der Waals surface area (Å²) < 4.78 is 6.74. The van der Waals surface area contributed by atoms with Crippen molar-refractivity contribution in [3.8, 4) is 11.6 Å². The molecule has 1 aromatic carbocycles. The molecule has 0 aliphatic heterocycles. The Kier molecular flexibility index (Phi) is 3.99. The van der Waals surface area contributed by atoms with Crippen LogP contribution in [0.5, 0.6) is 11.6 Å². The molecule has 2 rings (SSSR count). The fourth-order valence-corrected chi connectivity index (χ4v) is 2.17. The SMILES string of the molecule is Cc1ccc(Oc2nc(C)ccc2CN)c(Br)c1. The van der Waals surface area contributed by atoms with Crippen LogP contribution in [0.2, 0.25) is 0 Å². The van der Waals surface area contributed by atoms with Gasteiger partial charge in [0, 0.05) is 17.8 Å². The Balaban J connectivity index is 2.36. The van der Waals surface area contributed by atoms with Gasteiger partial charge in [0.15, 0.2) is 0 Å². The van der Waals surface area contributed by atoms with Gasteiger partial charge in [0.1, 0.15) is 5.75 Å². The first-order valence-electron chi connectivity index (χ1n) is 5.70. The minimum atomic E-state index is 0.409. The number of ether oxygens (including phenoxy) is 1. The number of aryl methyl sites for hydroxylation is 2.